The van der Waals surface area contributed by atoms with Crippen molar-refractivity contribution in [2.24, 2.45) is 0 Å². The van der Waals surface area contributed by atoms with Gasteiger partial charge in [0.15, 0.2) is 0 Å². The molecule has 2 rings (SSSR count). The summed E-state index contributed by atoms with van der Waals surface area (Å²) in [4.78, 5) is 2.90. The molecule has 0 saturated heterocycles. The second kappa shape index (κ2) is 5.90. The first-order valence-electron chi connectivity index (χ1n) is 5.90. The molecule has 102 valence electrons. The van der Waals surface area contributed by atoms with Gasteiger partial charge in [0.2, 0.25) is 0 Å². The van der Waals surface area contributed by atoms with Crippen LogP contribution in [0.1, 0.15) is 23.5 Å². The Labute approximate surface area is 121 Å². The molecule has 5 heteroatoms. The Balaban J connectivity index is 2.17. The van der Waals surface area contributed by atoms with Gasteiger partial charge in [0.1, 0.15) is 5.82 Å². The summed E-state index contributed by atoms with van der Waals surface area (Å²) in [5.74, 6) is -0.330. The van der Waals surface area contributed by atoms with E-state index in [0.29, 0.717) is 17.8 Å². The number of nitrogens with zero attached hydrogens (tertiary/aromatic N) is 1. The van der Waals surface area contributed by atoms with Crippen molar-refractivity contribution in [1.29, 1.82) is 0 Å². The summed E-state index contributed by atoms with van der Waals surface area (Å²) in [5.41, 5.74) is 1.09. The fourth-order valence-electron chi connectivity index (χ4n) is 1.85. The molecule has 0 bridgehead atoms. The number of anilines is 1. The van der Waals surface area contributed by atoms with Crippen molar-refractivity contribution in [3.8, 4) is 0 Å². The van der Waals surface area contributed by atoms with Crippen LogP contribution in [0.3, 0.4) is 0 Å². The Morgan fingerprint density at radius 2 is 2.11 bits per heavy atom. The lowest BCUT2D eigenvalue weighted by Crippen LogP contribution is -2.17. The maximum atomic E-state index is 14.0. The molecule has 0 radical (unpaired) electrons. The minimum atomic E-state index is -0.662. The molecule has 0 unspecified atom stereocenters. The number of hydrogen-bond acceptors (Lipinski definition) is 3. The van der Waals surface area contributed by atoms with Crippen molar-refractivity contribution in [1.82, 2.24) is 0 Å². The molecule has 1 N–H and O–H groups in total. The van der Waals surface area contributed by atoms with E-state index in [1.807, 2.05) is 24.1 Å². The van der Waals surface area contributed by atoms with Gasteiger partial charge >= 0.3 is 0 Å². The van der Waals surface area contributed by atoms with Gasteiger partial charge in [-0.3, -0.25) is 0 Å². The molecule has 1 aromatic carbocycles. The Morgan fingerprint density at radius 3 is 2.63 bits per heavy atom. The summed E-state index contributed by atoms with van der Waals surface area (Å²) in [5, 5.41) is 9.42. The lowest BCUT2D eigenvalue weighted by molar-refractivity contribution is 0.199. The van der Waals surface area contributed by atoms with Gasteiger partial charge in [-0.25, -0.2) is 4.39 Å². The van der Waals surface area contributed by atoms with Gasteiger partial charge in [0.25, 0.3) is 0 Å². The first-order valence-corrected chi connectivity index (χ1v) is 7.09. The molecule has 1 aromatic heterocycles. The van der Waals surface area contributed by atoms with Crippen molar-refractivity contribution in [2.75, 3.05) is 11.9 Å². The maximum absolute atomic E-state index is 14.0. The predicted octanol–water partition coefficient (Wildman–Crippen LogP) is 4.23. The van der Waals surface area contributed by atoms with Gasteiger partial charge in [0.05, 0.1) is 22.7 Å². The van der Waals surface area contributed by atoms with E-state index in [-0.39, 0.29) is 5.82 Å². The number of thiophene rings is 1. The summed E-state index contributed by atoms with van der Waals surface area (Å²) in [6.45, 7) is 2.22. The Bertz CT molecular complexity index is 570. The quantitative estimate of drug-likeness (QED) is 0.913. The molecule has 2 nitrogen and oxygen atoms in total. The zero-order chi connectivity index (χ0) is 14.0. The molecule has 0 amide bonds. The van der Waals surface area contributed by atoms with Gasteiger partial charge in [-0.1, -0.05) is 17.7 Å². The van der Waals surface area contributed by atoms with E-state index in [4.69, 9.17) is 11.6 Å². The van der Waals surface area contributed by atoms with Crippen LogP contribution in [0.2, 0.25) is 4.34 Å². The third-order valence-corrected chi connectivity index (χ3v) is 4.10. The average molecular weight is 300 g/mol. The smallest absolute Gasteiger partial charge is 0.146 e. The molecule has 0 aliphatic carbocycles. The highest BCUT2D eigenvalue weighted by atomic mass is 35.5. The first-order chi connectivity index (χ1) is 8.97. The van der Waals surface area contributed by atoms with Crippen LogP contribution in [0.5, 0.6) is 0 Å². The molecule has 1 atom stereocenters. The van der Waals surface area contributed by atoms with E-state index in [9.17, 15) is 9.50 Å². The monoisotopic (exact) mass is 299 g/mol. The predicted molar refractivity (Wildman–Crippen MR) is 78.5 cm³/mol. The van der Waals surface area contributed by atoms with Crippen LogP contribution in [0.4, 0.5) is 10.1 Å². The van der Waals surface area contributed by atoms with E-state index < -0.39 is 6.10 Å². The van der Waals surface area contributed by atoms with Crippen molar-refractivity contribution in [3.05, 3.63) is 50.9 Å². The second-order valence-electron chi connectivity index (χ2n) is 4.45. The number of halogens is 2. The maximum Gasteiger partial charge on any atom is 0.146 e. The highest BCUT2D eigenvalue weighted by Crippen LogP contribution is 2.27. The largest absolute Gasteiger partial charge is 0.389 e. The minimum Gasteiger partial charge on any atom is -0.389 e. The zero-order valence-electron chi connectivity index (χ0n) is 10.7. The molecule has 0 aliphatic heterocycles. The van der Waals surface area contributed by atoms with Crippen LogP contribution in [0, 0.1) is 5.82 Å². The van der Waals surface area contributed by atoms with Crippen LogP contribution >= 0.6 is 22.9 Å². The Hall–Kier alpha value is -1.10. The van der Waals surface area contributed by atoms with Gasteiger partial charge in [-0.15, -0.1) is 11.3 Å². The first kappa shape index (κ1) is 14.3. The van der Waals surface area contributed by atoms with Crippen molar-refractivity contribution >= 4 is 28.6 Å². The third kappa shape index (κ3) is 3.47. The van der Waals surface area contributed by atoms with Gasteiger partial charge < -0.3 is 10.0 Å². The van der Waals surface area contributed by atoms with E-state index in [1.54, 1.807) is 19.1 Å². The van der Waals surface area contributed by atoms with Crippen LogP contribution in [-0.2, 0) is 6.54 Å². The normalized spacial score (nSPS) is 12.5. The van der Waals surface area contributed by atoms with Gasteiger partial charge in [0, 0.05) is 11.9 Å². The zero-order valence-corrected chi connectivity index (χ0v) is 12.3. The molecule has 19 heavy (non-hydrogen) atoms. The summed E-state index contributed by atoms with van der Waals surface area (Å²) in [6, 6.07) is 8.57. The highest BCUT2D eigenvalue weighted by molar-refractivity contribution is 7.16. The third-order valence-electron chi connectivity index (χ3n) is 2.89. The highest BCUT2D eigenvalue weighted by Gasteiger charge is 2.11. The standard InChI is InChI=1S/C14H15ClFNOS/c1-9(18)10-3-5-13(12(16)7-10)17(2)8-11-4-6-14(15)19-11/h3-7,9,18H,8H2,1-2H3/t9-/m0/s1. The number of aliphatic hydroxyl groups is 1. The van der Waals surface area contributed by atoms with Gasteiger partial charge in [-0.05, 0) is 36.8 Å². The second-order valence-corrected chi connectivity index (χ2v) is 6.25. The number of rotatable bonds is 4. The van der Waals surface area contributed by atoms with Crippen LogP contribution in [-0.4, -0.2) is 12.2 Å². The molecular weight excluding hydrogens is 285 g/mol. The van der Waals surface area contributed by atoms with Crippen molar-refractivity contribution < 1.29 is 9.50 Å². The molecule has 2 aromatic rings. The summed E-state index contributed by atoms with van der Waals surface area (Å²) in [7, 11) is 1.83. The lowest BCUT2D eigenvalue weighted by Gasteiger charge is -2.20. The molecule has 0 fully saturated rings. The summed E-state index contributed by atoms with van der Waals surface area (Å²) >= 11 is 7.36. The van der Waals surface area contributed by atoms with Crippen LogP contribution < -0.4 is 4.90 Å². The molecule has 1 heterocycles. The SMILES string of the molecule is C[C@H](O)c1ccc(N(C)Cc2ccc(Cl)s2)c(F)c1. The fourth-order valence-corrected chi connectivity index (χ4v) is 2.99. The van der Waals surface area contributed by atoms with Crippen LogP contribution in [0.25, 0.3) is 0 Å². The van der Waals surface area contributed by atoms with Gasteiger partial charge in [-0.2, -0.15) is 0 Å². The van der Waals surface area contributed by atoms with E-state index in [0.717, 1.165) is 9.21 Å². The van der Waals surface area contributed by atoms with Crippen molar-refractivity contribution in [3.63, 3.8) is 0 Å². The number of aliphatic hydroxyl groups excluding tert-OH is 1. The summed E-state index contributed by atoms with van der Waals surface area (Å²) < 4.78 is 14.7. The van der Waals surface area contributed by atoms with Crippen molar-refractivity contribution in [2.45, 2.75) is 19.6 Å². The fraction of sp³-hybridized carbons (Fsp3) is 0.286. The van der Waals surface area contributed by atoms with E-state index in [1.165, 1.54) is 17.4 Å². The summed E-state index contributed by atoms with van der Waals surface area (Å²) in [6.07, 6.45) is -0.662. The van der Waals surface area contributed by atoms with E-state index in [2.05, 4.69) is 0 Å². The Kier molecular flexibility index (Phi) is 4.45. The number of hydrogen-bond donors (Lipinski definition) is 1. The molecule has 0 spiro atoms. The topological polar surface area (TPSA) is 23.5 Å². The minimum absolute atomic E-state index is 0.330. The van der Waals surface area contributed by atoms with Crippen LogP contribution in [0.15, 0.2) is 30.3 Å². The molecular formula is C14H15ClFNOS. The van der Waals surface area contributed by atoms with E-state index >= 15 is 0 Å². The number of benzene rings is 1. The molecule has 0 aliphatic rings. The average Bonchev–Trinajstić information content (AvgIpc) is 2.74. The lowest BCUT2D eigenvalue weighted by atomic mass is 10.1. The Morgan fingerprint density at radius 1 is 1.37 bits per heavy atom. The molecule has 0 saturated carbocycles.